The van der Waals surface area contributed by atoms with E-state index < -0.39 is 0 Å². The molecule has 0 saturated heterocycles. The molecule has 2 aromatic heterocycles. The lowest BCUT2D eigenvalue weighted by atomic mass is 10.2. The summed E-state index contributed by atoms with van der Waals surface area (Å²) in [6, 6.07) is 35.0. The molecule has 0 spiro atoms. The van der Waals surface area contributed by atoms with E-state index in [4.69, 9.17) is 0 Å². The summed E-state index contributed by atoms with van der Waals surface area (Å²) < 4.78 is 6.75. The molecule has 6 nitrogen and oxygen atoms in total. The van der Waals surface area contributed by atoms with Crippen LogP contribution in [-0.2, 0) is 0 Å². The van der Waals surface area contributed by atoms with Crippen LogP contribution in [0.4, 0.5) is 0 Å². The molecule has 4 aromatic carbocycles. The van der Waals surface area contributed by atoms with Crippen LogP contribution in [-0.4, -0.2) is 18.3 Å². The molecule has 8 heteroatoms. The summed E-state index contributed by atoms with van der Waals surface area (Å²) in [5, 5.41) is 1.50. The second-order valence-corrected chi connectivity index (χ2v) is 11.6. The molecular weight excluding hydrogens is 537 g/mol. The fourth-order valence-electron chi connectivity index (χ4n) is 4.46. The van der Waals surface area contributed by atoms with Gasteiger partial charge in [-0.05, 0) is 84.0 Å². The van der Waals surface area contributed by atoms with E-state index in [-0.39, 0.29) is 11.4 Å². The summed E-state index contributed by atoms with van der Waals surface area (Å²) in [4.78, 5) is 27.4. The Kier molecular flexibility index (Phi) is 7.11. The largest absolute Gasteiger partial charge is 0.338 e. The van der Waals surface area contributed by atoms with Crippen LogP contribution in [0, 0.1) is 13.8 Å². The highest BCUT2D eigenvalue weighted by atomic mass is 33.1. The number of para-hydroxylation sites is 2. The molecule has 0 aliphatic rings. The third-order valence-corrected chi connectivity index (χ3v) is 8.86. The van der Waals surface area contributed by atoms with E-state index in [1.807, 2.05) is 135 Å². The quantitative estimate of drug-likeness (QED) is 0.197. The average Bonchev–Trinajstić information content (AvgIpc) is 3.49. The zero-order valence-electron chi connectivity index (χ0n) is 22.0. The molecule has 0 radical (unpaired) electrons. The Morgan fingerprint density at radius 3 is 1.15 bits per heavy atom. The summed E-state index contributed by atoms with van der Waals surface area (Å²) in [5.74, 6) is 0. The van der Waals surface area contributed by atoms with Crippen LogP contribution in [0.1, 0.15) is 11.1 Å². The van der Waals surface area contributed by atoms with E-state index in [9.17, 15) is 9.59 Å². The van der Waals surface area contributed by atoms with Crippen LogP contribution in [0.15, 0.2) is 141 Å². The van der Waals surface area contributed by atoms with E-state index in [1.165, 1.54) is 21.6 Å². The van der Waals surface area contributed by atoms with Gasteiger partial charge in [-0.25, -0.2) is 9.59 Å². The maximum absolute atomic E-state index is 13.7. The molecule has 0 saturated carbocycles. The Morgan fingerprint density at radius 2 is 0.800 bits per heavy atom. The summed E-state index contributed by atoms with van der Waals surface area (Å²) in [6.45, 7) is 4.05. The lowest BCUT2D eigenvalue weighted by Gasteiger charge is -2.09. The number of aryl methyl sites for hydroxylation is 2. The van der Waals surface area contributed by atoms with Crippen LogP contribution >= 0.6 is 21.6 Å². The number of benzene rings is 4. The molecule has 198 valence electrons. The minimum Gasteiger partial charge on any atom is -0.266 e. The molecule has 6 aromatic rings. The van der Waals surface area contributed by atoms with E-state index >= 15 is 0 Å². The number of imidazole rings is 2. The standard InChI is InChI=1S/C32H26N4O2S2/c1-23-13-17-27(18-14-23)35-29(21-33(31(35)37)25-9-5-3-6-10-25)39-40-30-22-34(26-11-7-4-8-12-26)32(38)36(30)28-19-15-24(2)16-20-28/h3-22H,1-2H3. The van der Waals surface area contributed by atoms with Crippen molar-refractivity contribution < 1.29 is 0 Å². The van der Waals surface area contributed by atoms with Crippen LogP contribution < -0.4 is 11.4 Å². The van der Waals surface area contributed by atoms with E-state index in [0.29, 0.717) is 0 Å². The third kappa shape index (κ3) is 4.99. The smallest absolute Gasteiger partial charge is 0.266 e. The molecule has 0 aliphatic carbocycles. The van der Waals surface area contributed by atoms with Gasteiger partial charge < -0.3 is 0 Å². The number of rotatable bonds is 7. The highest BCUT2D eigenvalue weighted by Crippen LogP contribution is 2.39. The first-order chi connectivity index (χ1) is 19.5. The molecule has 2 heterocycles. The summed E-state index contributed by atoms with van der Waals surface area (Å²) in [6.07, 6.45) is 3.72. The van der Waals surface area contributed by atoms with Gasteiger partial charge in [-0.15, -0.1) is 0 Å². The highest BCUT2D eigenvalue weighted by molar-refractivity contribution is 8.76. The van der Waals surface area contributed by atoms with Gasteiger partial charge in [-0.2, -0.15) is 0 Å². The molecule has 6 rings (SSSR count). The molecule has 0 atom stereocenters. The molecular formula is C32H26N4O2S2. The molecule has 0 bridgehead atoms. The van der Waals surface area contributed by atoms with Gasteiger partial charge in [0.1, 0.15) is 10.1 Å². The van der Waals surface area contributed by atoms with Gasteiger partial charge in [0.2, 0.25) is 0 Å². The molecule has 40 heavy (non-hydrogen) atoms. The van der Waals surface area contributed by atoms with Gasteiger partial charge in [0.15, 0.2) is 0 Å². The van der Waals surface area contributed by atoms with Gasteiger partial charge in [0.25, 0.3) is 0 Å². The first-order valence-electron chi connectivity index (χ1n) is 12.8. The van der Waals surface area contributed by atoms with Crippen LogP contribution in [0.5, 0.6) is 0 Å². The number of nitrogens with zero attached hydrogens (tertiary/aromatic N) is 4. The number of hydrogen-bond donors (Lipinski definition) is 0. The Morgan fingerprint density at radius 1 is 0.450 bits per heavy atom. The van der Waals surface area contributed by atoms with Crippen molar-refractivity contribution in [1.82, 2.24) is 18.3 Å². The van der Waals surface area contributed by atoms with Gasteiger partial charge in [0, 0.05) is 12.4 Å². The Balaban J connectivity index is 1.45. The minimum absolute atomic E-state index is 0.157. The summed E-state index contributed by atoms with van der Waals surface area (Å²) in [5.41, 5.74) is 5.07. The van der Waals surface area contributed by atoms with E-state index in [0.717, 1.165) is 43.9 Å². The number of aromatic nitrogens is 4. The minimum atomic E-state index is -0.157. The van der Waals surface area contributed by atoms with Crippen LogP contribution in [0.25, 0.3) is 22.7 Å². The van der Waals surface area contributed by atoms with Gasteiger partial charge in [-0.1, -0.05) is 71.8 Å². The topological polar surface area (TPSA) is 53.9 Å². The molecule has 0 aliphatic heterocycles. The van der Waals surface area contributed by atoms with Crippen molar-refractivity contribution in [3.63, 3.8) is 0 Å². The van der Waals surface area contributed by atoms with Crippen molar-refractivity contribution in [3.05, 3.63) is 154 Å². The van der Waals surface area contributed by atoms with Crippen LogP contribution in [0.3, 0.4) is 0 Å². The van der Waals surface area contributed by atoms with Crippen LogP contribution in [0.2, 0.25) is 0 Å². The zero-order chi connectivity index (χ0) is 27.6. The van der Waals surface area contributed by atoms with Gasteiger partial charge in [0.05, 0.1) is 22.7 Å². The van der Waals surface area contributed by atoms with Crippen molar-refractivity contribution in [2.45, 2.75) is 23.9 Å². The molecule has 0 amide bonds. The maximum Gasteiger partial charge on any atom is 0.338 e. The predicted octanol–water partition coefficient (Wildman–Crippen LogP) is 6.99. The number of hydrogen-bond acceptors (Lipinski definition) is 4. The van der Waals surface area contributed by atoms with Gasteiger partial charge >= 0.3 is 11.4 Å². The first kappa shape index (κ1) is 25.9. The second-order valence-electron chi connectivity index (χ2n) is 9.42. The van der Waals surface area contributed by atoms with E-state index in [2.05, 4.69) is 0 Å². The van der Waals surface area contributed by atoms with Crippen molar-refractivity contribution >= 4 is 21.6 Å². The first-order valence-corrected chi connectivity index (χ1v) is 14.9. The molecule has 0 unspecified atom stereocenters. The van der Waals surface area contributed by atoms with E-state index in [1.54, 1.807) is 18.3 Å². The highest BCUT2D eigenvalue weighted by Gasteiger charge is 2.19. The Hall–Kier alpha value is -4.40. The van der Waals surface area contributed by atoms with Crippen molar-refractivity contribution in [2.75, 3.05) is 0 Å². The fourth-order valence-corrected chi connectivity index (χ4v) is 6.67. The maximum atomic E-state index is 13.7. The monoisotopic (exact) mass is 562 g/mol. The Bertz CT molecular complexity index is 1740. The normalized spacial score (nSPS) is 11.2. The van der Waals surface area contributed by atoms with Crippen molar-refractivity contribution in [2.24, 2.45) is 0 Å². The van der Waals surface area contributed by atoms with Crippen molar-refractivity contribution in [1.29, 1.82) is 0 Å². The summed E-state index contributed by atoms with van der Waals surface area (Å²) >= 11 is 0. The lowest BCUT2D eigenvalue weighted by molar-refractivity contribution is 0.870. The summed E-state index contributed by atoms with van der Waals surface area (Å²) in [7, 11) is 2.89. The third-order valence-electron chi connectivity index (χ3n) is 6.58. The predicted molar refractivity (Wildman–Crippen MR) is 164 cm³/mol. The fraction of sp³-hybridized carbons (Fsp3) is 0.0625. The molecule has 0 N–H and O–H groups in total. The lowest BCUT2D eigenvalue weighted by Crippen LogP contribution is -2.22. The average molecular weight is 563 g/mol. The Labute approximate surface area is 239 Å². The van der Waals surface area contributed by atoms with Gasteiger partial charge in [-0.3, -0.25) is 18.3 Å². The van der Waals surface area contributed by atoms with Crippen molar-refractivity contribution in [3.8, 4) is 22.7 Å². The second kappa shape index (κ2) is 11.0. The molecule has 0 fully saturated rings. The zero-order valence-corrected chi connectivity index (χ0v) is 23.6. The SMILES string of the molecule is Cc1ccc(-n2c(SSc3cn(-c4ccccc4)c(=O)n3-c3ccc(C)cc3)cn(-c3ccccc3)c2=O)cc1.